The van der Waals surface area contributed by atoms with Crippen LogP contribution in [0.3, 0.4) is 0 Å². The van der Waals surface area contributed by atoms with Gasteiger partial charge in [0.15, 0.2) is 5.79 Å². The summed E-state index contributed by atoms with van der Waals surface area (Å²) in [6.45, 7) is 10.7. The third-order valence-corrected chi connectivity index (χ3v) is 5.57. The van der Waals surface area contributed by atoms with Crippen LogP contribution >= 0.6 is 0 Å². The highest BCUT2D eigenvalue weighted by molar-refractivity contribution is 5.92. The van der Waals surface area contributed by atoms with Crippen molar-refractivity contribution in [3.05, 3.63) is 70.2 Å². The third kappa shape index (κ3) is 5.11. The van der Waals surface area contributed by atoms with Crippen LogP contribution in [0.25, 0.3) is 16.6 Å². The number of nitrogens with zero attached hydrogens (tertiary/aromatic N) is 1. The van der Waals surface area contributed by atoms with Gasteiger partial charge in [-0.25, -0.2) is 9.78 Å². The van der Waals surface area contributed by atoms with Crippen molar-refractivity contribution < 1.29 is 19.0 Å². The normalized spacial score (nSPS) is 16.9. The molecule has 1 aliphatic rings. The number of pyridine rings is 2. The van der Waals surface area contributed by atoms with Gasteiger partial charge in [0.2, 0.25) is 0 Å². The van der Waals surface area contributed by atoms with E-state index >= 15 is 0 Å². The van der Waals surface area contributed by atoms with Crippen molar-refractivity contribution in [1.82, 2.24) is 9.97 Å². The number of aromatic amines is 1. The number of carbonyl (C=O) groups excluding carboxylic acids is 1. The Morgan fingerprint density at radius 3 is 2.82 bits per heavy atom. The zero-order valence-corrected chi connectivity index (χ0v) is 19.7. The highest BCUT2D eigenvalue weighted by atomic mass is 16.7. The number of fused-ring (bicyclic) bond motifs is 1. The van der Waals surface area contributed by atoms with E-state index in [1.54, 1.807) is 36.5 Å². The van der Waals surface area contributed by atoms with Crippen LogP contribution < -0.4 is 16.2 Å². The van der Waals surface area contributed by atoms with E-state index in [0.717, 1.165) is 10.9 Å². The number of esters is 1. The van der Waals surface area contributed by atoms with E-state index in [1.165, 1.54) is 7.11 Å². The van der Waals surface area contributed by atoms with Crippen molar-refractivity contribution in [2.75, 3.05) is 30.9 Å². The van der Waals surface area contributed by atoms with Crippen LogP contribution in [0.1, 0.15) is 35.3 Å². The number of anilines is 2. The third-order valence-electron chi connectivity index (χ3n) is 5.57. The maximum atomic E-state index is 12.8. The number of methoxy groups -OCH3 is 1. The first-order chi connectivity index (χ1) is 16.1. The van der Waals surface area contributed by atoms with Gasteiger partial charge in [-0.2, -0.15) is 0 Å². The molecule has 9 nitrogen and oxygen atoms in total. The Morgan fingerprint density at radius 1 is 1.32 bits per heavy atom. The molecule has 3 heterocycles. The molecule has 1 aliphatic heterocycles. The first-order valence-electron chi connectivity index (χ1n) is 10.9. The highest BCUT2D eigenvalue weighted by Gasteiger charge is 2.32. The van der Waals surface area contributed by atoms with E-state index in [9.17, 15) is 9.59 Å². The van der Waals surface area contributed by atoms with Crippen molar-refractivity contribution in [1.29, 1.82) is 0 Å². The second-order valence-corrected chi connectivity index (χ2v) is 8.63. The second kappa shape index (κ2) is 9.28. The van der Waals surface area contributed by atoms with Gasteiger partial charge >= 0.3 is 5.97 Å². The summed E-state index contributed by atoms with van der Waals surface area (Å²) in [5.74, 6) is -0.403. The lowest BCUT2D eigenvalue weighted by Gasteiger charge is -2.17. The number of nitrogens with one attached hydrogen (secondary N) is 3. The number of rotatable bonds is 7. The van der Waals surface area contributed by atoms with Gasteiger partial charge in [0, 0.05) is 35.6 Å². The molecule has 178 valence electrons. The summed E-state index contributed by atoms with van der Waals surface area (Å²) in [6, 6.07) is 8.66. The van der Waals surface area contributed by atoms with Crippen molar-refractivity contribution in [2.45, 2.75) is 32.7 Å². The van der Waals surface area contributed by atoms with E-state index in [1.807, 2.05) is 20.8 Å². The van der Waals surface area contributed by atoms with E-state index in [-0.39, 0.29) is 11.7 Å². The predicted octanol–water partition coefficient (Wildman–Crippen LogP) is 3.66. The van der Waals surface area contributed by atoms with E-state index < -0.39 is 11.8 Å². The average molecular weight is 465 g/mol. The van der Waals surface area contributed by atoms with Crippen molar-refractivity contribution >= 4 is 34.1 Å². The predicted molar refractivity (Wildman–Crippen MR) is 131 cm³/mol. The van der Waals surface area contributed by atoms with Crippen molar-refractivity contribution in [3.63, 3.8) is 0 Å². The maximum Gasteiger partial charge on any atom is 0.337 e. The zero-order valence-electron chi connectivity index (χ0n) is 19.7. The Labute approximate surface area is 197 Å². The Bertz CT molecular complexity index is 1310. The van der Waals surface area contributed by atoms with Gasteiger partial charge in [-0.1, -0.05) is 12.6 Å². The fourth-order valence-corrected chi connectivity index (χ4v) is 3.73. The molecule has 4 rings (SSSR count). The fourth-order valence-electron chi connectivity index (χ4n) is 3.73. The van der Waals surface area contributed by atoms with Crippen molar-refractivity contribution in [2.24, 2.45) is 0 Å². The number of aryl methyl sites for hydroxylation is 1. The minimum absolute atomic E-state index is 0.0792. The summed E-state index contributed by atoms with van der Waals surface area (Å²) in [4.78, 5) is 32.0. The number of ether oxygens (including phenoxy) is 3. The standard InChI is InChI=1S/C25H28N4O5/c1-14-6-7-16(24(31)32-5)9-20(14)28-15(2)19-8-17-11-26-22(10-21(17)29-23(19)30)27-12-18-13-33-25(3,4)34-18/h6-11,18,28H,2,12-13H2,1,3-5H3,(H,26,27)(H,29,30). The van der Waals surface area contributed by atoms with E-state index in [0.29, 0.717) is 47.0 Å². The van der Waals surface area contributed by atoms with Crippen LogP contribution in [0.4, 0.5) is 11.5 Å². The summed E-state index contributed by atoms with van der Waals surface area (Å²) in [6.07, 6.45) is 1.60. The second-order valence-electron chi connectivity index (χ2n) is 8.63. The largest absolute Gasteiger partial charge is 0.465 e. The number of hydrogen-bond acceptors (Lipinski definition) is 8. The van der Waals surface area contributed by atoms with Gasteiger partial charge < -0.3 is 29.8 Å². The minimum Gasteiger partial charge on any atom is -0.465 e. The Morgan fingerprint density at radius 2 is 2.12 bits per heavy atom. The molecular formula is C25H28N4O5. The van der Waals surface area contributed by atoms with Gasteiger partial charge in [0.1, 0.15) is 11.9 Å². The van der Waals surface area contributed by atoms with Crippen LogP contribution in [-0.4, -0.2) is 48.1 Å². The van der Waals surface area contributed by atoms with E-state index in [4.69, 9.17) is 14.2 Å². The Kier molecular flexibility index (Phi) is 6.41. The molecule has 1 aromatic carbocycles. The molecule has 1 atom stereocenters. The number of H-pyrrole nitrogens is 1. The number of benzene rings is 1. The van der Waals surface area contributed by atoms with Gasteiger partial charge in [-0.15, -0.1) is 0 Å². The molecular weight excluding hydrogens is 436 g/mol. The summed E-state index contributed by atoms with van der Waals surface area (Å²) >= 11 is 0. The van der Waals surface area contributed by atoms with E-state index in [2.05, 4.69) is 27.2 Å². The summed E-state index contributed by atoms with van der Waals surface area (Å²) in [5.41, 5.74) is 3.08. The molecule has 2 aromatic heterocycles. The zero-order chi connectivity index (χ0) is 24.5. The van der Waals surface area contributed by atoms with Gasteiger partial charge in [-0.3, -0.25) is 4.79 Å². The lowest BCUT2D eigenvalue weighted by Crippen LogP contribution is -2.26. The van der Waals surface area contributed by atoms with Crippen LogP contribution in [0.5, 0.6) is 0 Å². The van der Waals surface area contributed by atoms with Gasteiger partial charge in [0.25, 0.3) is 5.56 Å². The Hall–Kier alpha value is -3.69. The summed E-state index contributed by atoms with van der Waals surface area (Å²) < 4.78 is 16.1. The highest BCUT2D eigenvalue weighted by Crippen LogP contribution is 2.24. The van der Waals surface area contributed by atoms with Crippen molar-refractivity contribution in [3.8, 4) is 0 Å². The first-order valence-corrected chi connectivity index (χ1v) is 10.9. The van der Waals surface area contributed by atoms with Crippen LogP contribution in [-0.2, 0) is 14.2 Å². The lowest BCUT2D eigenvalue weighted by atomic mass is 10.1. The molecule has 3 N–H and O–H groups in total. The molecule has 9 heteroatoms. The number of hydrogen-bond donors (Lipinski definition) is 3. The molecule has 0 bridgehead atoms. The Balaban J connectivity index is 1.51. The number of carbonyl (C=O) groups is 1. The van der Waals surface area contributed by atoms with Crippen LogP contribution in [0.2, 0.25) is 0 Å². The SMILES string of the molecule is C=C(Nc1cc(C(=O)OC)ccc1C)c1cc2cnc(NCC3COC(C)(C)O3)cc2[nH]c1=O. The fraction of sp³-hybridized carbons (Fsp3) is 0.320. The van der Waals surface area contributed by atoms with Crippen LogP contribution in [0.15, 0.2) is 47.9 Å². The summed E-state index contributed by atoms with van der Waals surface area (Å²) in [7, 11) is 1.33. The molecule has 3 aromatic rings. The minimum atomic E-state index is -0.583. The van der Waals surface area contributed by atoms with Gasteiger partial charge in [-0.05, 0) is 44.5 Å². The first kappa shape index (κ1) is 23.5. The molecule has 1 unspecified atom stereocenters. The molecule has 0 amide bonds. The van der Waals surface area contributed by atoms with Crippen LogP contribution in [0, 0.1) is 6.92 Å². The molecule has 0 saturated carbocycles. The smallest absolute Gasteiger partial charge is 0.337 e. The summed E-state index contributed by atoms with van der Waals surface area (Å²) in [5, 5.41) is 7.12. The molecule has 34 heavy (non-hydrogen) atoms. The quantitative estimate of drug-likeness (QED) is 0.454. The monoisotopic (exact) mass is 464 g/mol. The molecule has 1 fully saturated rings. The molecule has 0 radical (unpaired) electrons. The average Bonchev–Trinajstić information content (AvgIpc) is 3.16. The topological polar surface area (TPSA) is 115 Å². The molecule has 0 spiro atoms. The molecule has 1 saturated heterocycles. The maximum absolute atomic E-state index is 12.8. The van der Waals surface area contributed by atoms with Gasteiger partial charge in [0.05, 0.1) is 30.4 Å². The lowest BCUT2D eigenvalue weighted by molar-refractivity contribution is -0.136. The molecule has 0 aliphatic carbocycles. The number of aromatic nitrogens is 2.